The number of hydrogen-bond donors (Lipinski definition) is 1. The van der Waals surface area contributed by atoms with E-state index in [-0.39, 0.29) is 16.7 Å². The number of rotatable bonds is 4. The summed E-state index contributed by atoms with van der Waals surface area (Å²) in [6, 6.07) is 8.13. The van der Waals surface area contributed by atoms with Crippen molar-refractivity contribution in [2.24, 2.45) is 0 Å². The van der Waals surface area contributed by atoms with Crippen LogP contribution in [-0.2, 0) is 17.0 Å². The predicted octanol–water partition coefficient (Wildman–Crippen LogP) is 4.20. The van der Waals surface area contributed by atoms with Gasteiger partial charge in [-0.2, -0.15) is 0 Å². The molecule has 28 heavy (non-hydrogen) atoms. The lowest BCUT2D eigenvalue weighted by Crippen LogP contribution is -2.40. The lowest BCUT2D eigenvalue weighted by Gasteiger charge is -2.31. The number of thioether (sulfide) groups is 1. The molecule has 7 heteroatoms. The molecule has 2 aromatic heterocycles. The Hall–Kier alpha value is -2.12. The number of nitrogens with one attached hydrogen (secondary N) is 1. The van der Waals surface area contributed by atoms with Gasteiger partial charge < -0.3 is 9.88 Å². The molecule has 1 N–H and O–H groups in total. The van der Waals surface area contributed by atoms with Crippen LogP contribution < -0.4 is 10.5 Å². The minimum atomic E-state index is -0.209. The van der Waals surface area contributed by atoms with Crippen molar-refractivity contribution in [1.29, 1.82) is 0 Å². The second-order valence-corrected chi connectivity index (χ2v) is 9.68. The van der Waals surface area contributed by atoms with Crippen LogP contribution in [0.4, 0.5) is 5.69 Å². The molecule has 1 amide bonds. The molecular weight excluding hydrogens is 390 g/mol. The summed E-state index contributed by atoms with van der Waals surface area (Å²) in [5, 5.41) is 0.476. The Morgan fingerprint density at radius 1 is 1.36 bits per heavy atom. The summed E-state index contributed by atoms with van der Waals surface area (Å²) < 4.78 is 0. The summed E-state index contributed by atoms with van der Waals surface area (Å²) in [5.41, 5.74) is 3.18. The van der Waals surface area contributed by atoms with Crippen LogP contribution in [0.15, 0.2) is 29.1 Å². The number of anilines is 1. The van der Waals surface area contributed by atoms with Crippen LogP contribution in [0.5, 0.6) is 0 Å². The van der Waals surface area contributed by atoms with E-state index >= 15 is 0 Å². The molecule has 4 rings (SSSR count). The lowest BCUT2D eigenvalue weighted by molar-refractivity contribution is -0.117. The minimum Gasteiger partial charge on any atom is -0.311 e. The number of fused-ring (bicyclic) bond motifs is 2. The van der Waals surface area contributed by atoms with Gasteiger partial charge in [-0.05, 0) is 50.8 Å². The standard InChI is InChI=1S/C21H23N3O2S2/c1-12-13(2)28-20-18(12)19(25)22-17(23-20)11-27-14(3)21(26)24-10-6-8-15-7-4-5-9-16(15)24/h4-5,7,9,14H,6,8,10-11H2,1-3H3,(H,22,23,25). The van der Waals surface area contributed by atoms with Gasteiger partial charge in [0.1, 0.15) is 10.7 Å². The number of para-hydroxylation sites is 1. The van der Waals surface area contributed by atoms with Crippen LogP contribution in [0, 0.1) is 13.8 Å². The number of thiophene rings is 1. The van der Waals surface area contributed by atoms with E-state index in [0.717, 1.165) is 40.3 Å². The Balaban J connectivity index is 1.49. The van der Waals surface area contributed by atoms with Gasteiger partial charge in [-0.3, -0.25) is 9.59 Å². The quantitative estimate of drug-likeness (QED) is 0.696. The highest BCUT2D eigenvalue weighted by molar-refractivity contribution is 7.99. The van der Waals surface area contributed by atoms with Gasteiger partial charge in [-0.1, -0.05) is 18.2 Å². The fourth-order valence-electron chi connectivity index (χ4n) is 3.62. The maximum absolute atomic E-state index is 13.0. The molecule has 3 heterocycles. The molecule has 0 spiro atoms. The van der Waals surface area contributed by atoms with Crippen molar-refractivity contribution in [3.8, 4) is 0 Å². The van der Waals surface area contributed by atoms with Crippen LogP contribution >= 0.6 is 23.1 Å². The topological polar surface area (TPSA) is 66.1 Å². The molecule has 0 bridgehead atoms. The van der Waals surface area contributed by atoms with Gasteiger partial charge in [0.15, 0.2) is 0 Å². The van der Waals surface area contributed by atoms with Crippen molar-refractivity contribution in [1.82, 2.24) is 9.97 Å². The highest BCUT2D eigenvalue weighted by atomic mass is 32.2. The largest absolute Gasteiger partial charge is 0.311 e. The molecule has 1 aromatic carbocycles. The summed E-state index contributed by atoms with van der Waals surface area (Å²) in [6.45, 7) is 6.65. The Labute approximate surface area is 172 Å². The van der Waals surface area contributed by atoms with Gasteiger partial charge >= 0.3 is 0 Å². The van der Waals surface area contributed by atoms with Crippen molar-refractivity contribution in [2.45, 2.75) is 44.6 Å². The molecule has 0 saturated carbocycles. The van der Waals surface area contributed by atoms with Crippen molar-refractivity contribution < 1.29 is 4.79 Å². The van der Waals surface area contributed by atoms with E-state index in [9.17, 15) is 9.59 Å². The predicted molar refractivity (Wildman–Crippen MR) is 118 cm³/mol. The van der Waals surface area contributed by atoms with E-state index in [0.29, 0.717) is 17.0 Å². The molecule has 146 valence electrons. The maximum atomic E-state index is 13.0. The third kappa shape index (κ3) is 3.49. The summed E-state index contributed by atoms with van der Waals surface area (Å²) >= 11 is 3.06. The zero-order valence-electron chi connectivity index (χ0n) is 16.2. The van der Waals surface area contributed by atoms with E-state index in [1.165, 1.54) is 17.3 Å². The van der Waals surface area contributed by atoms with Crippen LogP contribution in [0.1, 0.15) is 35.2 Å². The van der Waals surface area contributed by atoms with Crippen LogP contribution in [-0.4, -0.2) is 27.7 Å². The van der Waals surface area contributed by atoms with Crippen molar-refractivity contribution in [3.05, 3.63) is 56.4 Å². The summed E-state index contributed by atoms with van der Waals surface area (Å²) in [4.78, 5) is 36.7. The molecular formula is C21H23N3O2S2. The number of H-pyrrole nitrogens is 1. The van der Waals surface area contributed by atoms with Gasteiger partial charge in [-0.15, -0.1) is 23.1 Å². The average molecular weight is 414 g/mol. The first-order valence-electron chi connectivity index (χ1n) is 9.45. The van der Waals surface area contributed by atoms with Crippen LogP contribution in [0.25, 0.3) is 10.2 Å². The molecule has 3 aromatic rings. The SMILES string of the molecule is Cc1sc2nc(CSC(C)C(=O)N3CCCc4ccccc43)[nH]c(=O)c2c1C. The van der Waals surface area contributed by atoms with E-state index in [2.05, 4.69) is 16.0 Å². The number of aromatic nitrogens is 2. The second kappa shape index (κ2) is 7.72. The number of aryl methyl sites for hydroxylation is 3. The highest BCUT2D eigenvalue weighted by Gasteiger charge is 2.26. The molecule has 1 atom stereocenters. The summed E-state index contributed by atoms with van der Waals surface area (Å²) in [5.74, 6) is 1.25. The molecule has 1 unspecified atom stereocenters. The normalized spacial score (nSPS) is 14.9. The number of hydrogen-bond acceptors (Lipinski definition) is 5. The number of carbonyl (C=O) groups excluding carboxylic acids is 1. The summed E-state index contributed by atoms with van der Waals surface area (Å²) in [7, 11) is 0. The van der Waals surface area contributed by atoms with Gasteiger partial charge in [0.2, 0.25) is 5.91 Å². The van der Waals surface area contributed by atoms with Crippen molar-refractivity contribution >= 4 is 44.9 Å². The van der Waals surface area contributed by atoms with Crippen molar-refractivity contribution in [3.63, 3.8) is 0 Å². The van der Waals surface area contributed by atoms with Crippen LogP contribution in [0.3, 0.4) is 0 Å². The van der Waals surface area contributed by atoms with Gasteiger partial charge in [-0.25, -0.2) is 4.98 Å². The van der Waals surface area contributed by atoms with E-state index in [1.807, 2.05) is 43.9 Å². The second-order valence-electron chi connectivity index (χ2n) is 7.15. The highest BCUT2D eigenvalue weighted by Crippen LogP contribution is 2.30. The molecule has 1 aliphatic rings. The third-order valence-corrected chi connectivity index (χ3v) is 7.53. The van der Waals surface area contributed by atoms with Gasteiger partial charge in [0, 0.05) is 17.1 Å². The molecule has 5 nitrogen and oxygen atoms in total. The molecule has 0 saturated heterocycles. The fraction of sp³-hybridized carbons (Fsp3) is 0.381. The first kappa shape index (κ1) is 19.2. The Morgan fingerprint density at radius 3 is 2.96 bits per heavy atom. The van der Waals surface area contributed by atoms with E-state index < -0.39 is 0 Å². The number of nitrogens with zero attached hydrogens (tertiary/aromatic N) is 2. The van der Waals surface area contributed by atoms with Gasteiger partial charge in [0.05, 0.1) is 16.4 Å². The monoisotopic (exact) mass is 413 g/mol. The Bertz CT molecular complexity index is 1100. The van der Waals surface area contributed by atoms with E-state index in [4.69, 9.17) is 0 Å². The minimum absolute atomic E-state index is 0.0913. The fourth-order valence-corrected chi connectivity index (χ4v) is 5.49. The molecule has 0 radical (unpaired) electrons. The number of benzene rings is 1. The Morgan fingerprint density at radius 2 is 2.14 bits per heavy atom. The Kier molecular flexibility index (Phi) is 5.29. The molecule has 0 fully saturated rings. The zero-order chi connectivity index (χ0) is 19.8. The molecule has 0 aliphatic carbocycles. The maximum Gasteiger partial charge on any atom is 0.259 e. The number of aromatic amines is 1. The molecule has 1 aliphatic heterocycles. The van der Waals surface area contributed by atoms with Crippen LogP contribution in [0.2, 0.25) is 0 Å². The smallest absolute Gasteiger partial charge is 0.259 e. The zero-order valence-corrected chi connectivity index (χ0v) is 17.9. The van der Waals surface area contributed by atoms with Gasteiger partial charge in [0.25, 0.3) is 5.56 Å². The third-order valence-electron chi connectivity index (χ3n) is 5.28. The summed E-state index contributed by atoms with van der Waals surface area (Å²) in [6.07, 6.45) is 2.01. The first-order chi connectivity index (χ1) is 13.5. The van der Waals surface area contributed by atoms with E-state index in [1.54, 1.807) is 11.3 Å². The number of carbonyl (C=O) groups is 1. The average Bonchev–Trinajstić information content (AvgIpc) is 2.99. The first-order valence-corrected chi connectivity index (χ1v) is 11.3. The number of amides is 1. The van der Waals surface area contributed by atoms with Crippen molar-refractivity contribution in [2.75, 3.05) is 11.4 Å². The lowest BCUT2D eigenvalue weighted by atomic mass is 10.0.